The molecule has 0 N–H and O–H groups in total. The van der Waals surface area contributed by atoms with Gasteiger partial charge in [0, 0.05) is 41.3 Å². The van der Waals surface area contributed by atoms with Crippen LogP contribution in [0.25, 0.3) is 22.3 Å². The molecule has 0 unspecified atom stereocenters. The first-order valence-corrected chi connectivity index (χ1v) is 17.4. The molecule has 2 heterocycles. The van der Waals surface area contributed by atoms with Crippen molar-refractivity contribution in [3.63, 3.8) is 0 Å². The van der Waals surface area contributed by atoms with Crippen LogP contribution in [0.4, 0.5) is 0 Å². The first kappa shape index (κ1) is 27.7. The van der Waals surface area contributed by atoms with Gasteiger partial charge in [-0.05, 0) is 12.5 Å². The maximum atomic E-state index is 12.8. The van der Waals surface area contributed by atoms with Gasteiger partial charge in [-0.15, -0.1) is 0 Å². The monoisotopic (exact) mass is 558 g/mol. The van der Waals surface area contributed by atoms with E-state index < -0.39 is 30.8 Å². The van der Waals surface area contributed by atoms with E-state index in [1.807, 2.05) is 0 Å². The maximum Gasteiger partial charge on any atom is 0.249 e. The van der Waals surface area contributed by atoms with Gasteiger partial charge in [-0.3, -0.25) is 0 Å². The zero-order chi connectivity index (χ0) is 26.0. The Labute approximate surface area is 212 Å². The van der Waals surface area contributed by atoms with Crippen molar-refractivity contribution in [2.24, 2.45) is 0 Å². The minimum atomic E-state index is -3.85. The second-order valence-corrected chi connectivity index (χ2v) is 16.1. The summed E-state index contributed by atoms with van der Waals surface area (Å²) in [4.78, 5) is 8.42. The summed E-state index contributed by atoms with van der Waals surface area (Å²) in [7, 11) is -5.20. The van der Waals surface area contributed by atoms with Crippen molar-refractivity contribution in [2.45, 2.75) is 43.2 Å². The van der Waals surface area contributed by atoms with E-state index in [2.05, 4.69) is 28.2 Å². The van der Waals surface area contributed by atoms with Crippen LogP contribution >= 0.6 is 11.6 Å². The van der Waals surface area contributed by atoms with E-state index in [1.165, 1.54) is 18.8 Å². The van der Waals surface area contributed by atoms with E-state index in [0.29, 0.717) is 28.3 Å². The highest BCUT2D eigenvalue weighted by Gasteiger charge is 2.27. The lowest BCUT2D eigenvalue weighted by Gasteiger charge is -2.12. The molecule has 0 aliphatic carbocycles. The molecule has 14 heteroatoms. The maximum absolute atomic E-state index is 12.8. The zero-order valence-corrected chi connectivity index (χ0v) is 23.7. The summed E-state index contributed by atoms with van der Waals surface area (Å²) < 4.78 is 58.6. The molecular weight excluding hydrogens is 530 g/mol. The average molecular weight is 559 g/mol. The number of hydrogen-bond donors (Lipinski definition) is 0. The largest absolute Gasteiger partial charge is 0.359 e. The van der Waals surface area contributed by atoms with E-state index >= 15 is 0 Å². The lowest BCUT2D eigenvalue weighted by molar-refractivity contribution is 0.0719. The number of hydrogen-bond acceptors (Lipinski definition) is 8. The van der Waals surface area contributed by atoms with Gasteiger partial charge >= 0.3 is 0 Å². The van der Waals surface area contributed by atoms with Crippen molar-refractivity contribution in [3.8, 4) is 11.3 Å². The van der Waals surface area contributed by atoms with Crippen molar-refractivity contribution in [3.05, 3.63) is 35.0 Å². The number of aromatic nitrogens is 4. The number of sulfone groups is 1. The Kier molecular flexibility index (Phi) is 8.71. The van der Waals surface area contributed by atoms with Crippen LogP contribution in [-0.4, -0.2) is 76.6 Å². The predicted octanol–water partition coefficient (Wildman–Crippen LogP) is 3.06. The molecule has 0 atom stereocenters. The summed E-state index contributed by atoms with van der Waals surface area (Å²) in [6.45, 7) is 4.98. The minimum Gasteiger partial charge on any atom is -0.359 e. The van der Waals surface area contributed by atoms with Gasteiger partial charge in [-0.1, -0.05) is 48.9 Å². The first-order chi connectivity index (χ1) is 16.3. The molecule has 3 rings (SSSR count). The standard InChI is InChI=1S/C21H29ClN5O5S2Si/c1-26(2)34(30,31)13-17-18-19(15-9-6-7-10-16(15)22)25-27(14-32-11-8-12-35(4)5)20(18)24-21(23-17)33(3,28)29/h6-7,9-10H,8,11-14H2,1-5H3. The van der Waals surface area contributed by atoms with Gasteiger partial charge in [0.1, 0.15) is 18.2 Å². The van der Waals surface area contributed by atoms with Crippen LogP contribution in [0, 0.1) is 0 Å². The van der Waals surface area contributed by atoms with Crippen LogP contribution in [0.5, 0.6) is 0 Å². The Morgan fingerprint density at radius 3 is 2.40 bits per heavy atom. The molecule has 10 nitrogen and oxygen atoms in total. The van der Waals surface area contributed by atoms with Gasteiger partial charge in [-0.25, -0.2) is 30.8 Å². The van der Waals surface area contributed by atoms with Crippen molar-refractivity contribution in [1.82, 2.24) is 24.1 Å². The first-order valence-electron chi connectivity index (χ1n) is 10.8. The normalized spacial score (nSPS) is 12.8. The number of nitrogens with zero attached hydrogens (tertiary/aromatic N) is 5. The number of benzene rings is 1. The van der Waals surface area contributed by atoms with E-state index in [-0.39, 0.29) is 26.9 Å². The highest BCUT2D eigenvalue weighted by Crippen LogP contribution is 2.35. The lowest BCUT2D eigenvalue weighted by atomic mass is 10.1. The molecule has 2 aromatic heterocycles. The highest BCUT2D eigenvalue weighted by molar-refractivity contribution is 7.90. The van der Waals surface area contributed by atoms with E-state index in [4.69, 9.17) is 16.3 Å². The Morgan fingerprint density at radius 1 is 1.11 bits per heavy atom. The third-order valence-corrected chi connectivity index (χ3v) is 9.44. The van der Waals surface area contributed by atoms with Crippen molar-refractivity contribution >= 4 is 51.3 Å². The molecule has 0 amide bonds. The molecular formula is C21H29ClN5O5S2Si. The number of ether oxygens (including phenoxy) is 1. The molecule has 0 spiro atoms. The molecule has 3 aromatic rings. The van der Waals surface area contributed by atoms with Gasteiger partial charge in [0.25, 0.3) is 0 Å². The topological polar surface area (TPSA) is 124 Å². The van der Waals surface area contributed by atoms with Crippen molar-refractivity contribution < 1.29 is 21.6 Å². The van der Waals surface area contributed by atoms with Gasteiger partial charge in [0.15, 0.2) is 5.65 Å². The van der Waals surface area contributed by atoms with Crippen LogP contribution in [0.2, 0.25) is 24.2 Å². The molecule has 191 valence electrons. The molecule has 0 aliphatic heterocycles. The molecule has 0 saturated carbocycles. The average Bonchev–Trinajstić information content (AvgIpc) is 3.11. The lowest BCUT2D eigenvalue weighted by Crippen LogP contribution is -2.24. The molecule has 0 bridgehead atoms. The molecule has 0 aliphatic rings. The second-order valence-electron chi connectivity index (χ2n) is 8.64. The van der Waals surface area contributed by atoms with Gasteiger partial charge in [-0.2, -0.15) is 10.1 Å². The van der Waals surface area contributed by atoms with Crippen molar-refractivity contribution in [1.29, 1.82) is 0 Å². The Hall–Kier alpha value is -1.90. The van der Waals surface area contributed by atoms with Gasteiger partial charge in [0.05, 0.1) is 16.1 Å². The predicted molar refractivity (Wildman–Crippen MR) is 138 cm³/mol. The van der Waals surface area contributed by atoms with Crippen LogP contribution in [-0.2, 0) is 37.1 Å². The number of fused-ring (bicyclic) bond motifs is 1. The summed E-state index contributed by atoms with van der Waals surface area (Å²) in [6, 6.07) is 8.08. The Balaban J connectivity index is 2.23. The number of sulfonamides is 1. The fourth-order valence-electron chi connectivity index (χ4n) is 3.30. The van der Waals surface area contributed by atoms with Crippen LogP contribution in [0.3, 0.4) is 0 Å². The third kappa shape index (κ3) is 6.65. The van der Waals surface area contributed by atoms with Crippen LogP contribution < -0.4 is 0 Å². The quantitative estimate of drug-likeness (QED) is 0.200. The number of halogens is 1. The highest BCUT2D eigenvalue weighted by atomic mass is 35.5. The molecule has 1 radical (unpaired) electrons. The Morgan fingerprint density at radius 2 is 1.80 bits per heavy atom. The molecule has 1 aromatic carbocycles. The third-order valence-electron chi connectivity index (χ3n) is 5.16. The summed E-state index contributed by atoms with van der Waals surface area (Å²) in [5.74, 6) is -0.538. The summed E-state index contributed by atoms with van der Waals surface area (Å²) in [6.07, 6.45) is 1.87. The second kappa shape index (κ2) is 11.0. The molecule has 0 fully saturated rings. The smallest absolute Gasteiger partial charge is 0.249 e. The SMILES string of the molecule is CN(C)S(=O)(=O)Cc1nc(S(C)(=O)=O)nc2c1c(-c1ccccc1Cl)nn2COCCC[Si](C)C. The fourth-order valence-corrected chi connectivity index (χ4v) is 5.72. The van der Waals surface area contributed by atoms with Gasteiger partial charge in [0.2, 0.25) is 25.0 Å². The molecule has 35 heavy (non-hydrogen) atoms. The van der Waals surface area contributed by atoms with E-state index in [1.54, 1.807) is 24.3 Å². The summed E-state index contributed by atoms with van der Waals surface area (Å²) in [5.41, 5.74) is 1.08. The fraction of sp³-hybridized carbons (Fsp3) is 0.476. The van der Waals surface area contributed by atoms with Crippen LogP contribution in [0.1, 0.15) is 12.1 Å². The van der Waals surface area contributed by atoms with E-state index in [9.17, 15) is 16.8 Å². The number of rotatable bonds is 11. The van der Waals surface area contributed by atoms with Gasteiger partial charge < -0.3 is 4.74 Å². The Bertz CT molecular complexity index is 1430. The summed E-state index contributed by atoms with van der Waals surface area (Å²) >= 11 is 6.44. The van der Waals surface area contributed by atoms with Crippen molar-refractivity contribution in [2.75, 3.05) is 27.0 Å². The van der Waals surface area contributed by atoms with Crippen LogP contribution in [0.15, 0.2) is 29.4 Å². The molecule has 0 saturated heterocycles. The zero-order valence-electron chi connectivity index (χ0n) is 20.3. The summed E-state index contributed by atoms with van der Waals surface area (Å²) in [5, 5.41) is 4.85. The minimum absolute atomic E-state index is 0.0105. The van der Waals surface area contributed by atoms with E-state index in [0.717, 1.165) is 23.0 Å².